The molecule has 1 N–H and O–H groups in total. The van der Waals surface area contributed by atoms with Gasteiger partial charge in [-0.15, -0.1) is 0 Å². The molecule has 0 radical (unpaired) electrons. The van der Waals surface area contributed by atoms with Gasteiger partial charge in [0, 0.05) is 18.9 Å². The second kappa shape index (κ2) is 6.63. The molecule has 0 bridgehead atoms. The third-order valence-corrected chi connectivity index (χ3v) is 3.86. The minimum absolute atomic E-state index is 0.196. The maximum atomic E-state index is 13.1. The Morgan fingerprint density at radius 2 is 1.76 bits per heavy atom. The smallest absolute Gasteiger partial charge is 0.222 e. The Bertz CT molecular complexity index is 552. The first kappa shape index (κ1) is 13.9. The monoisotopic (exact) mass is 286 g/mol. The van der Waals surface area contributed by atoms with Gasteiger partial charge in [-0.05, 0) is 49.7 Å². The van der Waals surface area contributed by atoms with Gasteiger partial charge in [0.15, 0.2) is 0 Å². The first-order valence-corrected chi connectivity index (χ1v) is 7.33. The average Bonchev–Trinajstić information content (AvgIpc) is 3.04. The summed E-state index contributed by atoms with van der Waals surface area (Å²) in [7, 11) is 0. The van der Waals surface area contributed by atoms with E-state index in [0.29, 0.717) is 5.95 Å². The van der Waals surface area contributed by atoms with Gasteiger partial charge in [0.2, 0.25) is 5.95 Å². The van der Waals surface area contributed by atoms with E-state index in [4.69, 9.17) is 0 Å². The van der Waals surface area contributed by atoms with Crippen LogP contribution in [0.1, 0.15) is 24.4 Å². The molecule has 4 nitrogen and oxygen atoms in total. The van der Waals surface area contributed by atoms with Crippen LogP contribution in [0.4, 0.5) is 10.3 Å². The Balaban J connectivity index is 1.74. The molecule has 1 aliphatic rings. The summed E-state index contributed by atoms with van der Waals surface area (Å²) in [6.45, 7) is 2.88. The highest BCUT2D eigenvalue weighted by Crippen LogP contribution is 2.25. The van der Waals surface area contributed by atoms with Crippen molar-refractivity contribution in [2.45, 2.75) is 18.9 Å². The van der Waals surface area contributed by atoms with E-state index in [1.54, 1.807) is 18.5 Å². The number of hydrogen-bond donors (Lipinski definition) is 1. The van der Waals surface area contributed by atoms with Crippen molar-refractivity contribution in [1.29, 1.82) is 0 Å². The normalized spacial score (nSPS) is 16.8. The van der Waals surface area contributed by atoms with E-state index >= 15 is 0 Å². The minimum Gasteiger partial charge on any atom is -0.352 e. The molecule has 5 heteroatoms. The van der Waals surface area contributed by atoms with Crippen molar-refractivity contribution in [2.24, 2.45) is 0 Å². The number of likely N-dealkylation sites (tertiary alicyclic amines) is 1. The van der Waals surface area contributed by atoms with Crippen molar-refractivity contribution in [3.05, 3.63) is 54.1 Å². The first-order chi connectivity index (χ1) is 10.3. The third kappa shape index (κ3) is 3.55. The molecule has 1 aromatic heterocycles. The Labute approximate surface area is 124 Å². The molecule has 1 aliphatic heterocycles. The lowest BCUT2D eigenvalue weighted by Crippen LogP contribution is -2.31. The van der Waals surface area contributed by atoms with E-state index in [1.807, 2.05) is 12.1 Å². The zero-order chi connectivity index (χ0) is 14.5. The summed E-state index contributed by atoms with van der Waals surface area (Å²) in [6, 6.07) is 8.80. The van der Waals surface area contributed by atoms with Crippen LogP contribution in [0.15, 0.2) is 42.7 Å². The van der Waals surface area contributed by atoms with Crippen LogP contribution >= 0.6 is 0 Å². The van der Waals surface area contributed by atoms with Crippen molar-refractivity contribution in [3.8, 4) is 0 Å². The van der Waals surface area contributed by atoms with Crippen LogP contribution in [0.2, 0.25) is 0 Å². The maximum Gasteiger partial charge on any atom is 0.222 e. The van der Waals surface area contributed by atoms with Gasteiger partial charge in [0.05, 0.1) is 6.04 Å². The molecular formula is C16H19FN4. The summed E-state index contributed by atoms with van der Waals surface area (Å²) in [6.07, 6.45) is 5.88. The maximum absolute atomic E-state index is 13.1. The predicted molar refractivity (Wildman–Crippen MR) is 80.5 cm³/mol. The summed E-state index contributed by atoms with van der Waals surface area (Å²) in [4.78, 5) is 10.8. The number of aromatic nitrogens is 2. The number of halogens is 1. The van der Waals surface area contributed by atoms with E-state index in [0.717, 1.165) is 25.2 Å². The second-order valence-corrected chi connectivity index (χ2v) is 5.26. The number of nitrogens with zero attached hydrogens (tertiary/aromatic N) is 3. The lowest BCUT2D eigenvalue weighted by Gasteiger charge is -2.28. The fraction of sp³-hybridized carbons (Fsp3) is 0.375. The number of nitrogens with one attached hydrogen (secondary N) is 1. The highest BCUT2D eigenvalue weighted by molar-refractivity contribution is 5.27. The minimum atomic E-state index is -0.196. The number of benzene rings is 1. The summed E-state index contributed by atoms with van der Waals surface area (Å²) < 4.78 is 13.1. The fourth-order valence-electron chi connectivity index (χ4n) is 2.77. The molecule has 0 aliphatic carbocycles. The Morgan fingerprint density at radius 1 is 1.10 bits per heavy atom. The van der Waals surface area contributed by atoms with Crippen LogP contribution in [-0.4, -0.2) is 34.5 Å². The lowest BCUT2D eigenvalue weighted by molar-refractivity contribution is 0.255. The zero-order valence-electron chi connectivity index (χ0n) is 11.9. The summed E-state index contributed by atoms with van der Waals surface area (Å²) >= 11 is 0. The molecule has 21 heavy (non-hydrogen) atoms. The Morgan fingerprint density at radius 3 is 2.43 bits per heavy atom. The molecule has 2 heterocycles. The van der Waals surface area contributed by atoms with E-state index in [9.17, 15) is 4.39 Å². The molecule has 0 amide bonds. The van der Waals surface area contributed by atoms with Crippen LogP contribution in [0.5, 0.6) is 0 Å². The molecule has 1 fully saturated rings. The van der Waals surface area contributed by atoms with Gasteiger partial charge in [-0.3, -0.25) is 4.90 Å². The Hall–Kier alpha value is -2.01. The molecule has 0 saturated carbocycles. The zero-order valence-corrected chi connectivity index (χ0v) is 11.9. The molecule has 110 valence electrons. The van der Waals surface area contributed by atoms with Gasteiger partial charge in [-0.2, -0.15) is 0 Å². The first-order valence-electron chi connectivity index (χ1n) is 7.33. The number of rotatable bonds is 5. The predicted octanol–water partition coefficient (Wildman–Crippen LogP) is 2.86. The topological polar surface area (TPSA) is 41.1 Å². The molecule has 1 aromatic carbocycles. The molecule has 3 rings (SSSR count). The molecular weight excluding hydrogens is 267 g/mol. The molecule has 1 saturated heterocycles. The van der Waals surface area contributed by atoms with Crippen LogP contribution < -0.4 is 5.32 Å². The van der Waals surface area contributed by atoms with E-state index in [1.165, 1.54) is 25.0 Å². The highest BCUT2D eigenvalue weighted by atomic mass is 19.1. The lowest BCUT2D eigenvalue weighted by atomic mass is 10.1. The fourth-order valence-corrected chi connectivity index (χ4v) is 2.77. The summed E-state index contributed by atoms with van der Waals surface area (Å²) in [5.41, 5.74) is 1.13. The van der Waals surface area contributed by atoms with E-state index < -0.39 is 0 Å². The van der Waals surface area contributed by atoms with Gasteiger partial charge >= 0.3 is 0 Å². The van der Waals surface area contributed by atoms with Crippen molar-refractivity contribution in [3.63, 3.8) is 0 Å². The van der Waals surface area contributed by atoms with Gasteiger partial charge in [-0.25, -0.2) is 14.4 Å². The molecule has 0 unspecified atom stereocenters. The van der Waals surface area contributed by atoms with Gasteiger partial charge in [0.25, 0.3) is 0 Å². The second-order valence-electron chi connectivity index (χ2n) is 5.26. The van der Waals surface area contributed by atoms with Gasteiger partial charge in [-0.1, -0.05) is 12.1 Å². The van der Waals surface area contributed by atoms with Crippen molar-refractivity contribution in [1.82, 2.24) is 14.9 Å². The molecule has 1 atom stereocenters. The standard InChI is InChI=1S/C16H19FN4/c17-14-6-4-13(5-7-14)15(21-10-1-2-11-21)12-20-16-18-8-3-9-19-16/h3-9,15H,1-2,10-12H2,(H,18,19,20)/t15-/m1/s1. The van der Waals surface area contributed by atoms with Gasteiger partial charge in [0.1, 0.15) is 5.82 Å². The van der Waals surface area contributed by atoms with E-state index in [-0.39, 0.29) is 11.9 Å². The molecule has 2 aromatic rings. The van der Waals surface area contributed by atoms with Crippen LogP contribution in [0.3, 0.4) is 0 Å². The largest absolute Gasteiger partial charge is 0.352 e. The average molecular weight is 286 g/mol. The SMILES string of the molecule is Fc1ccc([C@@H](CNc2ncccn2)N2CCCC2)cc1. The third-order valence-electron chi connectivity index (χ3n) is 3.86. The number of anilines is 1. The van der Waals surface area contributed by atoms with E-state index in [2.05, 4.69) is 20.2 Å². The summed E-state index contributed by atoms with van der Waals surface area (Å²) in [5, 5.41) is 3.28. The van der Waals surface area contributed by atoms with Crippen LogP contribution in [-0.2, 0) is 0 Å². The van der Waals surface area contributed by atoms with Crippen LogP contribution in [0.25, 0.3) is 0 Å². The van der Waals surface area contributed by atoms with Crippen molar-refractivity contribution < 1.29 is 4.39 Å². The van der Waals surface area contributed by atoms with Crippen molar-refractivity contribution >= 4 is 5.95 Å². The summed E-state index contributed by atoms with van der Waals surface area (Å²) in [5.74, 6) is 0.432. The molecule has 0 spiro atoms. The Kier molecular flexibility index (Phi) is 4.40. The van der Waals surface area contributed by atoms with Gasteiger partial charge < -0.3 is 5.32 Å². The highest BCUT2D eigenvalue weighted by Gasteiger charge is 2.23. The quantitative estimate of drug-likeness (QED) is 0.917. The van der Waals surface area contributed by atoms with Crippen LogP contribution in [0, 0.1) is 5.82 Å². The van der Waals surface area contributed by atoms with Crippen molar-refractivity contribution in [2.75, 3.05) is 25.0 Å². The number of hydrogen-bond acceptors (Lipinski definition) is 4.